The summed E-state index contributed by atoms with van der Waals surface area (Å²) in [5.41, 5.74) is 6.81. The van der Waals surface area contributed by atoms with Crippen LogP contribution in [0.2, 0.25) is 25.7 Å². The van der Waals surface area contributed by atoms with E-state index in [4.69, 9.17) is 4.74 Å². The SMILES string of the molecule is C[Si](C)(C)CCOCN1NC=C(Nc2cccc(F)c2)N1. The first-order valence-corrected chi connectivity index (χ1v) is 10.7. The Morgan fingerprint density at radius 3 is 2.86 bits per heavy atom. The number of nitrogens with zero attached hydrogens (tertiary/aromatic N) is 1. The highest BCUT2D eigenvalue weighted by atomic mass is 28.3. The third-order valence-electron chi connectivity index (χ3n) is 2.94. The number of nitrogens with one attached hydrogen (secondary N) is 3. The van der Waals surface area contributed by atoms with Crippen LogP contribution in [0.25, 0.3) is 0 Å². The second-order valence-corrected chi connectivity index (χ2v) is 11.8. The maximum atomic E-state index is 13.1. The Morgan fingerprint density at radius 1 is 1.33 bits per heavy atom. The van der Waals surface area contributed by atoms with Crippen LogP contribution < -0.4 is 16.2 Å². The first kappa shape index (κ1) is 15.8. The van der Waals surface area contributed by atoms with Gasteiger partial charge in [-0.2, -0.15) is 0 Å². The van der Waals surface area contributed by atoms with Gasteiger partial charge in [0.15, 0.2) is 0 Å². The van der Waals surface area contributed by atoms with E-state index in [1.807, 2.05) is 0 Å². The third kappa shape index (κ3) is 5.74. The quantitative estimate of drug-likeness (QED) is 0.534. The van der Waals surface area contributed by atoms with Gasteiger partial charge in [0.25, 0.3) is 0 Å². The molecule has 0 radical (unpaired) electrons. The van der Waals surface area contributed by atoms with Gasteiger partial charge >= 0.3 is 0 Å². The van der Waals surface area contributed by atoms with Gasteiger partial charge in [0, 0.05) is 20.4 Å². The van der Waals surface area contributed by atoms with E-state index in [1.165, 1.54) is 12.1 Å². The molecule has 0 bridgehead atoms. The van der Waals surface area contributed by atoms with Crippen molar-refractivity contribution in [2.45, 2.75) is 25.7 Å². The second-order valence-electron chi connectivity index (χ2n) is 6.21. The molecule has 116 valence electrons. The number of benzene rings is 1. The van der Waals surface area contributed by atoms with E-state index < -0.39 is 8.07 Å². The lowest BCUT2D eigenvalue weighted by atomic mass is 10.3. The van der Waals surface area contributed by atoms with E-state index in [1.54, 1.807) is 23.5 Å². The number of hydrogen-bond acceptors (Lipinski definition) is 5. The minimum absolute atomic E-state index is 0.266. The molecule has 0 aromatic heterocycles. The van der Waals surface area contributed by atoms with E-state index in [0.29, 0.717) is 12.4 Å². The fraction of sp³-hybridized carbons (Fsp3) is 0.429. The van der Waals surface area contributed by atoms with Gasteiger partial charge in [-0.25, -0.2) is 4.39 Å². The van der Waals surface area contributed by atoms with Crippen LogP contribution in [0.3, 0.4) is 0 Å². The van der Waals surface area contributed by atoms with Gasteiger partial charge in [-0.1, -0.05) is 25.7 Å². The fourth-order valence-electron chi connectivity index (χ4n) is 1.74. The number of anilines is 1. The molecule has 0 unspecified atom stereocenters. The minimum Gasteiger partial charge on any atom is -0.363 e. The standard InChI is InChI=1S/C14H23FN4OSi/c1-21(2,3)8-7-20-11-19-16-10-14(18-19)17-13-6-4-5-12(15)9-13/h4-6,9-10,16-18H,7-8,11H2,1-3H3. The predicted molar refractivity (Wildman–Crippen MR) is 85.2 cm³/mol. The van der Waals surface area contributed by atoms with Crippen LogP contribution in [0.1, 0.15) is 0 Å². The molecule has 0 saturated carbocycles. The Morgan fingerprint density at radius 2 is 2.14 bits per heavy atom. The Labute approximate surface area is 126 Å². The molecule has 1 aliphatic rings. The molecule has 0 fully saturated rings. The summed E-state index contributed by atoms with van der Waals surface area (Å²) < 4.78 is 18.7. The molecule has 5 nitrogen and oxygen atoms in total. The van der Waals surface area contributed by atoms with Crippen LogP contribution >= 0.6 is 0 Å². The molecule has 21 heavy (non-hydrogen) atoms. The molecular weight excluding hydrogens is 287 g/mol. The Bertz CT molecular complexity index is 504. The van der Waals surface area contributed by atoms with E-state index in [9.17, 15) is 4.39 Å². The number of halogens is 1. The van der Waals surface area contributed by atoms with Crippen molar-refractivity contribution in [1.29, 1.82) is 0 Å². The summed E-state index contributed by atoms with van der Waals surface area (Å²) in [7, 11) is -1.05. The maximum absolute atomic E-state index is 13.1. The fourth-order valence-corrected chi connectivity index (χ4v) is 2.50. The Balaban J connectivity index is 1.68. The summed E-state index contributed by atoms with van der Waals surface area (Å²) >= 11 is 0. The second kappa shape index (κ2) is 6.93. The smallest absolute Gasteiger partial charge is 0.137 e. The number of hydrazine groups is 2. The van der Waals surface area contributed by atoms with Crippen LogP contribution in [0, 0.1) is 5.82 Å². The number of ether oxygens (including phenoxy) is 1. The lowest BCUT2D eigenvalue weighted by Crippen LogP contribution is -2.41. The molecule has 1 aromatic carbocycles. The Hall–Kier alpha value is -1.57. The zero-order valence-corrected chi connectivity index (χ0v) is 13.7. The average Bonchev–Trinajstić information content (AvgIpc) is 2.81. The first-order valence-electron chi connectivity index (χ1n) is 7.03. The lowest BCUT2D eigenvalue weighted by Gasteiger charge is -2.20. The third-order valence-corrected chi connectivity index (χ3v) is 4.64. The highest BCUT2D eigenvalue weighted by Crippen LogP contribution is 2.12. The van der Waals surface area contributed by atoms with Crippen LogP contribution in [0.15, 0.2) is 36.3 Å². The van der Waals surface area contributed by atoms with Crippen molar-refractivity contribution in [3.05, 3.63) is 42.1 Å². The summed E-state index contributed by atoms with van der Waals surface area (Å²) in [6.07, 6.45) is 1.77. The molecule has 1 aliphatic heterocycles. The van der Waals surface area contributed by atoms with E-state index in [2.05, 4.69) is 35.8 Å². The first-order chi connectivity index (χ1) is 9.92. The van der Waals surface area contributed by atoms with Crippen molar-refractivity contribution in [3.63, 3.8) is 0 Å². The van der Waals surface area contributed by atoms with Crippen molar-refractivity contribution in [3.8, 4) is 0 Å². The van der Waals surface area contributed by atoms with Crippen LogP contribution in [0.5, 0.6) is 0 Å². The highest BCUT2D eigenvalue weighted by Gasteiger charge is 2.15. The molecule has 0 aliphatic carbocycles. The zero-order valence-electron chi connectivity index (χ0n) is 12.7. The molecule has 0 spiro atoms. The van der Waals surface area contributed by atoms with E-state index in [-0.39, 0.29) is 5.82 Å². The molecule has 0 saturated heterocycles. The van der Waals surface area contributed by atoms with Gasteiger partial charge in [-0.15, -0.1) is 5.12 Å². The Kier molecular flexibility index (Phi) is 5.21. The van der Waals surface area contributed by atoms with Crippen molar-refractivity contribution in [2.75, 3.05) is 18.7 Å². The van der Waals surface area contributed by atoms with Crippen LogP contribution in [-0.4, -0.2) is 26.5 Å². The maximum Gasteiger partial charge on any atom is 0.137 e. The van der Waals surface area contributed by atoms with Crippen molar-refractivity contribution < 1.29 is 9.13 Å². The molecular formula is C14H23FN4OSi. The van der Waals surface area contributed by atoms with Crippen molar-refractivity contribution in [2.24, 2.45) is 0 Å². The molecule has 2 rings (SSSR count). The number of rotatable bonds is 7. The largest absolute Gasteiger partial charge is 0.363 e. The molecule has 0 atom stereocenters. The van der Waals surface area contributed by atoms with Crippen LogP contribution in [-0.2, 0) is 4.74 Å². The van der Waals surface area contributed by atoms with Gasteiger partial charge < -0.3 is 15.5 Å². The monoisotopic (exact) mass is 310 g/mol. The summed E-state index contributed by atoms with van der Waals surface area (Å²) in [5, 5.41) is 4.81. The lowest BCUT2D eigenvalue weighted by molar-refractivity contribution is -0.00141. The topological polar surface area (TPSA) is 48.6 Å². The number of hydrogen-bond donors (Lipinski definition) is 3. The van der Waals surface area contributed by atoms with Gasteiger partial charge in [-0.05, 0) is 24.2 Å². The summed E-state index contributed by atoms with van der Waals surface area (Å²) in [6, 6.07) is 7.47. The highest BCUT2D eigenvalue weighted by molar-refractivity contribution is 6.76. The molecule has 3 N–H and O–H groups in total. The molecule has 0 amide bonds. The normalized spacial score (nSPS) is 15.3. The minimum atomic E-state index is -1.05. The summed E-state index contributed by atoms with van der Waals surface area (Å²) in [6.45, 7) is 8.18. The van der Waals surface area contributed by atoms with Crippen LogP contribution in [0.4, 0.5) is 10.1 Å². The van der Waals surface area contributed by atoms with Gasteiger partial charge in [-0.3, -0.25) is 5.43 Å². The van der Waals surface area contributed by atoms with E-state index >= 15 is 0 Å². The van der Waals surface area contributed by atoms with Gasteiger partial charge in [0.2, 0.25) is 0 Å². The van der Waals surface area contributed by atoms with Gasteiger partial charge in [0.05, 0.1) is 6.20 Å². The van der Waals surface area contributed by atoms with Gasteiger partial charge in [0.1, 0.15) is 18.4 Å². The summed E-state index contributed by atoms with van der Waals surface area (Å²) in [4.78, 5) is 0. The summed E-state index contributed by atoms with van der Waals surface area (Å²) in [5.74, 6) is 0.479. The van der Waals surface area contributed by atoms with E-state index in [0.717, 1.165) is 18.5 Å². The molecule has 1 aromatic rings. The predicted octanol–water partition coefficient (Wildman–Crippen LogP) is 2.67. The van der Waals surface area contributed by atoms with Crippen molar-refractivity contribution >= 4 is 13.8 Å². The average molecular weight is 310 g/mol. The molecule has 1 heterocycles. The zero-order chi connectivity index (χ0) is 15.3. The molecule has 7 heteroatoms. The van der Waals surface area contributed by atoms with Crippen molar-refractivity contribution in [1.82, 2.24) is 16.0 Å².